The van der Waals surface area contributed by atoms with Crippen molar-refractivity contribution in [1.82, 2.24) is 8.94 Å². The molecule has 0 saturated carbocycles. The van der Waals surface area contributed by atoms with Crippen LogP contribution in [0.1, 0.15) is 40.9 Å². The van der Waals surface area contributed by atoms with Crippen LogP contribution in [0.3, 0.4) is 0 Å². The molecule has 0 aliphatic heterocycles. The molecule has 0 fully saturated rings. The minimum Gasteiger partial charge on any atom is -0.507 e. The topological polar surface area (TPSA) is 84.2 Å². The summed E-state index contributed by atoms with van der Waals surface area (Å²) in [6.07, 6.45) is 3.17. The van der Waals surface area contributed by atoms with Crippen molar-refractivity contribution in [2.75, 3.05) is 5.32 Å². The molecule has 2 heterocycles. The van der Waals surface area contributed by atoms with E-state index in [1.54, 1.807) is 19.3 Å². The van der Waals surface area contributed by atoms with Crippen LogP contribution >= 0.6 is 11.5 Å². The van der Waals surface area contributed by atoms with Gasteiger partial charge in [-0.15, -0.1) is 0 Å². The zero-order chi connectivity index (χ0) is 15.1. The van der Waals surface area contributed by atoms with E-state index in [1.807, 2.05) is 6.92 Å². The highest BCUT2D eigenvalue weighted by molar-refractivity contribution is 7.10. The molecule has 21 heavy (non-hydrogen) atoms. The van der Waals surface area contributed by atoms with E-state index in [-0.39, 0.29) is 17.2 Å². The molecule has 2 N–H and O–H groups in total. The van der Waals surface area contributed by atoms with Crippen LogP contribution in [0.5, 0.6) is 5.75 Å². The zero-order valence-corrected chi connectivity index (χ0v) is 12.5. The molecule has 0 radical (unpaired) electrons. The number of fused-ring (bicyclic) bond motifs is 1. The summed E-state index contributed by atoms with van der Waals surface area (Å²) in [5, 5.41) is 13.5. The molecule has 6 nitrogen and oxygen atoms in total. The molecule has 7 heteroatoms. The molecule has 2 aromatic heterocycles. The highest BCUT2D eigenvalue weighted by atomic mass is 32.1. The van der Waals surface area contributed by atoms with Gasteiger partial charge in [0.1, 0.15) is 16.3 Å². The normalized spacial score (nSPS) is 16.8. The maximum absolute atomic E-state index is 12.4. The Balaban J connectivity index is 2.11. The first-order chi connectivity index (χ1) is 10.0. The van der Waals surface area contributed by atoms with Gasteiger partial charge in [-0.1, -0.05) is 6.92 Å². The Hall–Kier alpha value is -2.15. The highest BCUT2D eigenvalue weighted by Crippen LogP contribution is 2.39. The number of carbonyl (C=O) groups is 1. The smallest absolute Gasteiger partial charge is 0.267 e. The predicted octanol–water partition coefficient (Wildman–Crippen LogP) is 1.85. The maximum atomic E-state index is 12.4. The Labute approximate surface area is 125 Å². The van der Waals surface area contributed by atoms with E-state index >= 15 is 0 Å². The van der Waals surface area contributed by atoms with Crippen LogP contribution in [0.4, 0.5) is 5.00 Å². The van der Waals surface area contributed by atoms with Crippen molar-refractivity contribution < 1.29 is 9.90 Å². The van der Waals surface area contributed by atoms with Gasteiger partial charge in [-0.25, -0.2) is 0 Å². The summed E-state index contributed by atoms with van der Waals surface area (Å²) in [6.45, 7) is 1.99. The summed E-state index contributed by atoms with van der Waals surface area (Å²) in [5.74, 6) is -0.638. The summed E-state index contributed by atoms with van der Waals surface area (Å²) in [6, 6.07) is 1.64. The average molecular weight is 305 g/mol. The van der Waals surface area contributed by atoms with E-state index in [0.29, 0.717) is 10.6 Å². The van der Waals surface area contributed by atoms with Crippen LogP contribution in [-0.4, -0.2) is 20.0 Å². The minimum absolute atomic E-state index is 0.141. The molecule has 1 amide bonds. The molecule has 0 bridgehead atoms. The average Bonchev–Trinajstić information content (AvgIpc) is 3.06. The number of carbonyl (C=O) groups excluding carboxylic acids is 1. The molecule has 1 aliphatic carbocycles. The fraction of sp³-hybridized carbons (Fsp3) is 0.357. The van der Waals surface area contributed by atoms with Crippen LogP contribution < -0.4 is 10.9 Å². The molecular weight excluding hydrogens is 290 g/mol. The maximum Gasteiger partial charge on any atom is 0.267 e. The molecule has 2 aromatic rings. The van der Waals surface area contributed by atoms with Gasteiger partial charge in [0.25, 0.3) is 11.5 Å². The van der Waals surface area contributed by atoms with Crippen LogP contribution in [0, 0.1) is 0 Å². The van der Waals surface area contributed by atoms with Gasteiger partial charge >= 0.3 is 0 Å². The number of rotatable bonds is 2. The minimum atomic E-state index is -0.598. The van der Waals surface area contributed by atoms with Gasteiger partial charge in [-0.3, -0.25) is 9.59 Å². The van der Waals surface area contributed by atoms with Crippen LogP contribution in [0.25, 0.3) is 0 Å². The van der Waals surface area contributed by atoms with E-state index in [0.717, 1.165) is 30.1 Å². The third-order valence-electron chi connectivity index (χ3n) is 3.93. The number of hydrogen-bond donors (Lipinski definition) is 2. The van der Waals surface area contributed by atoms with E-state index < -0.39 is 11.5 Å². The van der Waals surface area contributed by atoms with E-state index in [9.17, 15) is 14.7 Å². The summed E-state index contributed by atoms with van der Waals surface area (Å²) in [7, 11) is 1.64. The standard InChI is InChI=1S/C14H15N3O3S/c1-7-3-4-8-10(7)12(18)11(14(20)17(8)2)13(19)16-9-5-6-15-21-9/h5-7,18H,3-4H2,1-2H3,(H,16,19). The van der Waals surface area contributed by atoms with E-state index in [1.165, 1.54) is 4.57 Å². The first-order valence-corrected chi connectivity index (χ1v) is 7.44. The predicted molar refractivity (Wildman–Crippen MR) is 80.2 cm³/mol. The number of amides is 1. The van der Waals surface area contributed by atoms with Crippen molar-refractivity contribution in [2.45, 2.75) is 25.7 Å². The van der Waals surface area contributed by atoms with Crippen molar-refractivity contribution in [2.24, 2.45) is 7.05 Å². The zero-order valence-electron chi connectivity index (χ0n) is 11.7. The first-order valence-electron chi connectivity index (χ1n) is 6.67. The Morgan fingerprint density at radius 3 is 3.00 bits per heavy atom. The Morgan fingerprint density at radius 2 is 2.33 bits per heavy atom. The quantitative estimate of drug-likeness (QED) is 0.887. The molecule has 0 aromatic carbocycles. The molecule has 110 valence electrons. The lowest BCUT2D eigenvalue weighted by molar-refractivity contribution is 0.102. The number of aromatic hydroxyl groups is 1. The number of anilines is 1. The van der Waals surface area contributed by atoms with Crippen LogP contribution in [0.2, 0.25) is 0 Å². The van der Waals surface area contributed by atoms with Crippen molar-refractivity contribution in [3.63, 3.8) is 0 Å². The Morgan fingerprint density at radius 1 is 1.57 bits per heavy atom. The first kappa shape index (κ1) is 13.8. The van der Waals surface area contributed by atoms with Crippen LogP contribution in [-0.2, 0) is 13.5 Å². The molecule has 3 rings (SSSR count). The van der Waals surface area contributed by atoms with Gasteiger partial charge in [0, 0.05) is 24.5 Å². The third-order valence-corrected chi connectivity index (χ3v) is 4.60. The number of hydrogen-bond acceptors (Lipinski definition) is 5. The molecule has 1 atom stereocenters. The molecule has 0 spiro atoms. The number of aromatic nitrogens is 2. The lowest BCUT2D eigenvalue weighted by Crippen LogP contribution is -2.30. The molecule has 1 unspecified atom stereocenters. The fourth-order valence-electron chi connectivity index (χ4n) is 2.82. The van der Waals surface area contributed by atoms with Gasteiger partial charge in [0.05, 0.1) is 0 Å². The summed E-state index contributed by atoms with van der Waals surface area (Å²) >= 11 is 1.12. The molecule has 0 saturated heterocycles. The Kier molecular flexibility index (Phi) is 3.29. The van der Waals surface area contributed by atoms with Gasteiger partial charge in [0.15, 0.2) is 0 Å². The van der Waals surface area contributed by atoms with Gasteiger partial charge < -0.3 is 15.0 Å². The lowest BCUT2D eigenvalue weighted by Gasteiger charge is -2.14. The van der Waals surface area contributed by atoms with Crippen molar-refractivity contribution in [3.05, 3.63) is 39.4 Å². The number of nitrogens with one attached hydrogen (secondary N) is 1. The summed E-state index contributed by atoms with van der Waals surface area (Å²) in [4.78, 5) is 24.7. The Bertz CT molecular complexity index is 765. The second-order valence-electron chi connectivity index (χ2n) is 5.22. The highest BCUT2D eigenvalue weighted by Gasteiger charge is 2.31. The van der Waals surface area contributed by atoms with Crippen LogP contribution in [0.15, 0.2) is 17.1 Å². The second kappa shape index (κ2) is 5.00. The van der Waals surface area contributed by atoms with Crippen molar-refractivity contribution >= 4 is 22.4 Å². The van der Waals surface area contributed by atoms with E-state index in [4.69, 9.17) is 0 Å². The lowest BCUT2D eigenvalue weighted by atomic mass is 10.0. The fourth-order valence-corrected chi connectivity index (χ4v) is 3.32. The second-order valence-corrected chi connectivity index (χ2v) is 6.05. The van der Waals surface area contributed by atoms with Gasteiger partial charge in [-0.2, -0.15) is 4.37 Å². The number of pyridine rings is 1. The van der Waals surface area contributed by atoms with E-state index in [2.05, 4.69) is 9.69 Å². The third kappa shape index (κ3) is 2.13. The summed E-state index contributed by atoms with van der Waals surface area (Å²) < 4.78 is 5.35. The van der Waals surface area contributed by atoms with Gasteiger partial charge in [-0.05, 0) is 36.4 Å². The largest absolute Gasteiger partial charge is 0.507 e. The number of nitrogens with zero attached hydrogens (tertiary/aromatic N) is 2. The van der Waals surface area contributed by atoms with Gasteiger partial charge in [0.2, 0.25) is 0 Å². The molecule has 1 aliphatic rings. The van der Waals surface area contributed by atoms with Crippen molar-refractivity contribution in [1.29, 1.82) is 0 Å². The summed E-state index contributed by atoms with van der Waals surface area (Å²) in [5.41, 5.74) is 0.867. The monoisotopic (exact) mass is 305 g/mol. The SMILES string of the molecule is CC1CCc2c1c(O)c(C(=O)Nc1ccns1)c(=O)n2C. The van der Waals surface area contributed by atoms with Crippen molar-refractivity contribution in [3.8, 4) is 5.75 Å². The molecular formula is C14H15N3O3S.